The van der Waals surface area contributed by atoms with Gasteiger partial charge in [0.2, 0.25) is 0 Å². The van der Waals surface area contributed by atoms with E-state index in [2.05, 4.69) is 266 Å². The van der Waals surface area contributed by atoms with Crippen molar-refractivity contribution in [3.63, 3.8) is 0 Å². The number of nitrogens with zero attached hydrogens (tertiary/aromatic N) is 1. The quantitative estimate of drug-likeness (QED) is 0.151. The number of para-hydroxylation sites is 1. The van der Waals surface area contributed by atoms with Crippen LogP contribution >= 0.6 is 0 Å². The second-order valence-corrected chi connectivity index (χ2v) is 17.5. The van der Waals surface area contributed by atoms with E-state index < -0.39 is 5.41 Å². The lowest BCUT2D eigenvalue weighted by Crippen LogP contribution is -2.28. The van der Waals surface area contributed by atoms with E-state index in [-0.39, 0.29) is 0 Å². The van der Waals surface area contributed by atoms with Crippen molar-refractivity contribution in [3.8, 4) is 44.5 Å². The minimum absolute atomic E-state index is 0.452. The van der Waals surface area contributed by atoms with Crippen LogP contribution in [0.3, 0.4) is 0 Å². The summed E-state index contributed by atoms with van der Waals surface area (Å²) < 4.78 is 6.89. The van der Waals surface area contributed by atoms with Crippen LogP contribution in [0.4, 0.5) is 17.1 Å². The molecule has 0 fully saturated rings. The lowest BCUT2D eigenvalue weighted by atomic mass is 9.67. The maximum Gasteiger partial charge on any atom is 0.143 e. The Morgan fingerprint density at radius 2 is 0.836 bits per heavy atom. The Labute approximate surface area is 390 Å². The van der Waals surface area contributed by atoms with E-state index in [0.29, 0.717) is 0 Å². The first-order valence-electron chi connectivity index (χ1n) is 23.1. The van der Waals surface area contributed by atoms with Gasteiger partial charge in [-0.15, -0.1) is 0 Å². The Bertz CT molecular complexity index is 3720. The molecule has 1 aliphatic carbocycles. The van der Waals surface area contributed by atoms with Gasteiger partial charge in [0.1, 0.15) is 11.2 Å². The van der Waals surface area contributed by atoms with Crippen molar-refractivity contribution in [2.45, 2.75) is 5.41 Å². The molecule has 0 amide bonds. The van der Waals surface area contributed by atoms with Crippen LogP contribution in [0, 0.1) is 0 Å². The molecule has 0 saturated heterocycles. The molecule has 0 aliphatic heterocycles. The molecule has 2 nitrogen and oxygen atoms in total. The molecule has 314 valence electrons. The van der Waals surface area contributed by atoms with Crippen molar-refractivity contribution in [2.24, 2.45) is 0 Å². The Hall–Kier alpha value is -8.72. The first kappa shape index (κ1) is 38.7. The van der Waals surface area contributed by atoms with Crippen molar-refractivity contribution in [2.75, 3.05) is 4.90 Å². The molecule has 1 aromatic heterocycles. The normalized spacial score (nSPS) is 12.6. The third kappa shape index (κ3) is 6.18. The van der Waals surface area contributed by atoms with Gasteiger partial charge in [-0.25, -0.2) is 0 Å². The van der Waals surface area contributed by atoms with Gasteiger partial charge in [0.15, 0.2) is 0 Å². The molecule has 11 aromatic carbocycles. The monoisotopic (exact) mass is 853 g/mol. The molecule has 0 atom stereocenters. The van der Waals surface area contributed by atoms with E-state index in [0.717, 1.165) is 55.3 Å². The number of furan rings is 1. The number of rotatable bonds is 8. The zero-order valence-corrected chi connectivity index (χ0v) is 36.7. The fourth-order valence-corrected chi connectivity index (χ4v) is 11.0. The summed E-state index contributed by atoms with van der Waals surface area (Å²) in [7, 11) is 0. The topological polar surface area (TPSA) is 16.4 Å². The van der Waals surface area contributed by atoms with Crippen molar-refractivity contribution in [3.05, 3.63) is 283 Å². The highest BCUT2D eigenvalue weighted by molar-refractivity contribution is 6.22. The van der Waals surface area contributed by atoms with E-state index in [1.54, 1.807) is 0 Å². The molecular weight excluding hydrogens is 811 g/mol. The second kappa shape index (κ2) is 15.8. The molecule has 2 heteroatoms. The molecule has 0 radical (unpaired) electrons. The highest BCUT2D eigenvalue weighted by Gasteiger charge is 2.46. The predicted molar refractivity (Wildman–Crippen MR) is 280 cm³/mol. The first-order chi connectivity index (χ1) is 33.2. The van der Waals surface area contributed by atoms with Gasteiger partial charge in [0, 0.05) is 22.1 Å². The largest absolute Gasteiger partial charge is 0.455 e. The van der Waals surface area contributed by atoms with E-state index in [1.807, 2.05) is 0 Å². The van der Waals surface area contributed by atoms with E-state index in [4.69, 9.17) is 4.42 Å². The van der Waals surface area contributed by atoms with Crippen LogP contribution in [0.2, 0.25) is 0 Å². The Balaban J connectivity index is 0.949. The van der Waals surface area contributed by atoms with Gasteiger partial charge in [-0.05, 0) is 121 Å². The second-order valence-electron chi connectivity index (χ2n) is 17.5. The average molecular weight is 854 g/mol. The highest BCUT2D eigenvalue weighted by Crippen LogP contribution is 2.57. The number of hydrogen-bond acceptors (Lipinski definition) is 2. The van der Waals surface area contributed by atoms with Crippen LogP contribution < -0.4 is 4.90 Å². The number of hydrogen-bond donors (Lipinski definition) is 0. The summed E-state index contributed by atoms with van der Waals surface area (Å²) in [5.41, 5.74) is 19.3. The zero-order valence-electron chi connectivity index (χ0n) is 36.7. The summed E-state index contributed by atoms with van der Waals surface area (Å²) in [4.78, 5) is 2.36. The maximum atomic E-state index is 6.89. The fraction of sp³-hybridized carbons (Fsp3) is 0.0154. The average Bonchev–Trinajstić information content (AvgIpc) is 3.94. The fourth-order valence-electron chi connectivity index (χ4n) is 11.0. The lowest BCUT2D eigenvalue weighted by Gasteiger charge is -2.34. The standard InChI is InChI=1S/C65H43NO/c1-5-18-44(19-6-1)45-36-39-52(40-37-45)66(51-24-11-4-12-25-51)61-30-17-31-62-63(61)58-43-57(53-26-13-14-28-56(53)64(58)67-62)47-34-32-46(33-35-47)48-38-41-55-54-27-15-16-29-59(54)65(60(55)42-48,49-20-7-2-8-21-49)50-22-9-3-10-23-50/h1-43H. The van der Waals surface area contributed by atoms with Crippen molar-refractivity contribution in [1.29, 1.82) is 0 Å². The number of fused-ring (bicyclic) bond motifs is 8. The minimum Gasteiger partial charge on any atom is -0.455 e. The summed E-state index contributed by atoms with van der Waals surface area (Å²) in [6.07, 6.45) is 0. The number of benzene rings is 11. The molecule has 13 rings (SSSR count). The van der Waals surface area contributed by atoms with Crippen molar-refractivity contribution in [1.82, 2.24) is 0 Å². The minimum atomic E-state index is -0.452. The van der Waals surface area contributed by atoms with Gasteiger partial charge in [-0.1, -0.05) is 212 Å². The van der Waals surface area contributed by atoms with Gasteiger partial charge < -0.3 is 9.32 Å². The van der Waals surface area contributed by atoms with Crippen LogP contribution in [0.1, 0.15) is 22.3 Å². The summed E-state index contributed by atoms with van der Waals surface area (Å²) in [5.74, 6) is 0. The van der Waals surface area contributed by atoms with Gasteiger partial charge in [-0.2, -0.15) is 0 Å². The molecule has 67 heavy (non-hydrogen) atoms. The maximum absolute atomic E-state index is 6.89. The van der Waals surface area contributed by atoms with Gasteiger partial charge in [0.25, 0.3) is 0 Å². The van der Waals surface area contributed by atoms with E-state index in [9.17, 15) is 0 Å². The highest BCUT2D eigenvalue weighted by atomic mass is 16.3. The molecular formula is C65H43NO. The van der Waals surface area contributed by atoms with Crippen molar-refractivity contribution >= 4 is 49.8 Å². The smallest absolute Gasteiger partial charge is 0.143 e. The van der Waals surface area contributed by atoms with E-state index >= 15 is 0 Å². The lowest BCUT2D eigenvalue weighted by molar-refractivity contribution is 0.672. The Kier molecular flexibility index (Phi) is 9.11. The Morgan fingerprint density at radius 1 is 0.313 bits per heavy atom. The molecule has 0 bridgehead atoms. The summed E-state index contributed by atoms with van der Waals surface area (Å²) in [6.45, 7) is 0. The van der Waals surface area contributed by atoms with Crippen LogP contribution in [0.15, 0.2) is 265 Å². The van der Waals surface area contributed by atoms with Gasteiger partial charge >= 0.3 is 0 Å². The van der Waals surface area contributed by atoms with Crippen LogP contribution in [-0.4, -0.2) is 0 Å². The molecule has 1 aliphatic rings. The molecule has 0 unspecified atom stereocenters. The van der Waals surface area contributed by atoms with Gasteiger partial charge in [0.05, 0.1) is 16.5 Å². The van der Waals surface area contributed by atoms with Gasteiger partial charge in [-0.3, -0.25) is 0 Å². The summed E-state index contributed by atoms with van der Waals surface area (Å²) >= 11 is 0. The Morgan fingerprint density at radius 3 is 1.55 bits per heavy atom. The molecule has 12 aromatic rings. The van der Waals surface area contributed by atoms with E-state index in [1.165, 1.54) is 61.2 Å². The summed E-state index contributed by atoms with van der Waals surface area (Å²) in [5, 5.41) is 4.42. The van der Waals surface area contributed by atoms with Crippen LogP contribution in [0.5, 0.6) is 0 Å². The third-order valence-electron chi connectivity index (χ3n) is 14.0. The third-order valence-corrected chi connectivity index (χ3v) is 14.0. The van der Waals surface area contributed by atoms with Crippen LogP contribution in [-0.2, 0) is 5.41 Å². The number of anilines is 3. The predicted octanol–water partition coefficient (Wildman–Crippen LogP) is 17.6. The summed E-state index contributed by atoms with van der Waals surface area (Å²) in [6, 6.07) is 94.8. The van der Waals surface area contributed by atoms with Crippen molar-refractivity contribution < 1.29 is 4.42 Å². The van der Waals surface area contributed by atoms with Crippen LogP contribution in [0.25, 0.3) is 77.2 Å². The molecule has 0 N–H and O–H groups in total. The SMILES string of the molecule is c1ccc(-c2ccc(N(c3ccccc3)c3cccc4oc5c6ccccc6c(-c6ccc(-c7ccc8c(c7)C(c7ccccc7)(c7ccccc7)c7ccccc7-8)cc6)cc5c34)cc2)cc1. The molecule has 0 saturated carbocycles. The molecule has 1 heterocycles. The zero-order chi connectivity index (χ0) is 44.3. The molecule has 0 spiro atoms. The first-order valence-corrected chi connectivity index (χ1v) is 23.1.